The summed E-state index contributed by atoms with van der Waals surface area (Å²) in [6.45, 7) is 8.80. The number of nitrogens with one attached hydrogen (secondary N) is 1. The van der Waals surface area contributed by atoms with E-state index in [9.17, 15) is 9.90 Å². The molecule has 4 aliphatic carbocycles. The number of methoxy groups -OCH3 is 1. The predicted octanol–water partition coefficient (Wildman–Crippen LogP) is 4.05. The average molecular weight is 435 g/mol. The van der Waals surface area contributed by atoms with Crippen LogP contribution in [0.15, 0.2) is 0 Å². The molecule has 0 aliphatic heterocycles. The fourth-order valence-corrected chi connectivity index (χ4v) is 8.96. The summed E-state index contributed by atoms with van der Waals surface area (Å²) in [4.78, 5) is 13.3. The number of hydrogen-bond donors (Lipinski definition) is 2. The fraction of sp³-hybridized carbons (Fsp3) is 0.962. The van der Waals surface area contributed by atoms with E-state index in [4.69, 9.17) is 4.74 Å². The van der Waals surface area contributed by atoms with Crippen LogP contribution >= 0.6 is 0 Å². The number of fused-ring (bicyclic) bond motifs is 5. The highest BCUT2D eigenvalue weighted by atomic mass is 16.5. The number of nitrogens with zero attached hydrogens (tertiary/aromatic N) is 1. The number of ketones is 1. The highest BCUT2D eigenvalue weighted by molar-refractivity contribution is 5.84. The Morgan fingerprint density at radius 1 is 1.10 bits per heavy atom. The maximum atomic E-state index is 13.3. The third-order valence-electron chi connectivity index (χ3n) is 10.5. The van der Waals surface area contributed by atoms with Crippen LogP contribution in [-0.2, 0) is 9.53 Å². The van der Waals surface area contributed by atoms with Crippen LogP contribution in [0.3, 0.4) is 0 Å². The van der Waals surface area contributed by atoms with Crippen LogP contribution in [0.2, 0.25) is 0 Å². The third kappa shape index (κ3) is 3.92. The molecular formula is C26H46N2O3. The van der Waals surface area contributed by atoms with Crippen molar-refractivity contribution in [2.24, 2.45) is 40.4 Å². The predicted molar refractivity (Wildman–Crippen MR) is 123 cm³/mol. The maximum Gasteiger partial charge on any atom is 0.151 e. The highest BCUT2D eigenvalue weighted by Gasteiger charge is 2.63. The number of likely N-dealkylation sites (N-methyl/N-ethyl adjacent to an activating group) is 1. The zero-order valence-corrected chi connectivity index (χ0v) is 20.6. The Kier molecular flexibility index (Phi) is 6.64. The lowest BCUT2D eigenvalue weighted by molar-refractivity contribution is -0.175. The quantitative estimate of drug-likeness (QED) is 0.592. The molecule has 0 aromatic carbocycles. The molecule has 4 saturated carbocycles. The topological polar surface area (TPSA) is 61.8 Å². The Hall–Kier alpha value is -0.490. The summed E-state index contributed by atoms with van der Waals surface area (Å²) in [5.74, 6) is 3.31. The van der Waals surface area contributed by atoms with Crippen molar-refractivity contribution in [2.75, 3.05) is 33.9 Å². The summed E-state index contributed by atoms with van der Waals surface area (Å²) < 4.78 is 5.87. The van der Waals surface area contributed by atoms with Crippen molar-refractivity contribution in [1.29, 1.82) is 0 Å². The molecule has 0 aromatic rings. The Labute approximate surface area is 189 Å². The Morgan fingerprint density at radius 2 is 1.87 bits per heavy atom. The molecule has 178 valence electrons. The zero-order chi connectivity index (χ0) is 22.4. The minimum atomic E-state index is -0.513. The average Bonchev–Trinajstić information content (AvgIpc) is 3.09. The number of hydrazine groups is 1. The molecule has 8 unspecified atom stereocenters. The molecule has 4 aliphatic rings. The lowest BCUT2D eigenvalue weighted by Gasteiger charge is -2.62. The zero-order valence-electron chi connectivity index (χ0n) is 20.6. The van der Waals surface area contributed by atoms with Crippen LogP contribution < -0.4 is 5.43 Å². The van der Waals surface area contributed by atoms with Crippen LogP contribution in [0.1, 0.15) is 78.6 Å². The van der Waals surface area contributed by atoms with Crippen molar-refractivity contribution < 1.29 is 14.6 Å². The lowest BCUT2D eigenvalue weighted by Crippen LogP contribution is -2.58. The molecule has 0 amide bonds. The van der Waals surface area contributed by atoms with Crippen LogP contribution in [0.4, 0.5) is 0 Å². The smallest absolute Gasteiger partial charge is 0.151 e. The normalized spacial score (nSPS) is 47.0. The lowest BCUT2D eigenvalue weighted by atomic mass is 9.43. The van der Waals surface area contributed by atoms with Gasteiger partial charge in [-0.25, -0.2) is 5.01 Å². The van der Waals surface area contributed by atoms with Crippen molar-refractivity contribution in [1.82, 2.24) is 10.4 Å². The second-order valence-electron chi connectivity index (χ2n) is 11.9. The second kappa shape index (κ2) is 8.70. The van der Waals surface area contributed by atoms with Gasteiger partial charge in [0.2, 0.25) is 0 Å². The number of carbonyl (C=O) groups is 1. The molecule has 8 atom stereocenters. The third-order valence-corrected chi connectivity index (χ3v) is 10.5. The van der Waals surface area contributed by atoms with Gasteiger partial charge < -0.3 is 9.84 Å². The Bertz CT molecular complexity index is 663. The number of hydrogen-bond acceptors (Lipinski definition) is 5. The molecule has 0 radical (unpaired) electrons. The number of aliphatic hydroxyl groups is 1. The van der Waals surface area contributed by atoms with Gasteiger partial charge in [-0.2, -0.15) is 0 Å². The Balaban J connectivity index is 1.55. The largest absolute Gasteiger partial charge is 0.390 e. The number of rotatable bonds is 7. The van der Waals surface area contributed by atoms with E-state index >= 15 is 0 Å². The van der Waals surface area contributed by atoms with Crippen molar-refractivity contribution in [3.05, 3.63) is 0 Å². The first-order chi connectivity index (χ1) is 14.7. The van der Waals surface area contributed by atoms with E-state index in [0.29, 0.717) is 30.1 Å². The molecule has 0 saturated heterocycles. The molecule has 4 rings (SSSR count). The van der Waals surface area contributed by atoms with Gasteiger partial charge in [-0.05, 0) is 106 Å². The van der Waals surface area contributed by atoms with E-state index in [2.05, 4.69) is 19.3 Å². The number of ether oxygens (including phenoxy) is 1. The number of carbonyl (C=O) groups excluding carboxylic acids is 1. The summed E-state index contributed by atoms with van der Waals surface area (Å²) >= 11 is 0. The molecular weight excluding hydrogens is 388 g/mol. The van der Waals surface area contributed by atoms with Gasteiger partial charge in [0.15, 0.2) is 5.78 Å². The molecule has 31 heavy (non-hydrogen) atoms. The molecule has 2 N–H and O–H groups in total. The van der Waals surface area contributed by atoms with Gasteiger partial charge in [0.1, 0.15) is 0 Å². The first-order valence-electron chi connectivity index (χ1n) is 12.9. The molecule has 0 bridgehead atoms. The second-order valence-corrected chi connectivity index (χ2v) is 11.9. The van der Waals surface area contributed by atoms with E-state index in [1.54, 1.807) is 0 Å². The first-order valence-corrected chi connectivity index (χ1v) is 12.9. The minimum Gasteiger partial charge on any atom is -0.390 e. The minimum absolute atomic E-state index is 0.159. The summed E-state index contributed by atoms with van der Waals surface area (Å²) in [5, 5.41) is 12.8. The van der Waals surface area contributed by atoms with Gasteiger partial charge >= 0.3 is 0 Å². The van der Waals surface area contributed by atoms with E-state index in [1.165, 1.54) is 32.1 Å². The Morgan fingerprint density at radius 3 is 2.55 bits per heavy atom. The van der Waals surface area contributed by atoms with Gasteiger partial charge in [0, 0.05) is 19.6 Å². The highest BCUT2D eigenvalue weighted by Crippen LogP contribution is 2.68. The van der Waals surface area contributed by atoms with Crippen LogP contribution in [-0.4, -0.2) is 55.4 Å². The van der Waals surface area contributed by atoms with Crippen molar-refractivity contribution in [2.45, 2.75) is 84.2 Å². The van der Waals surface area contributed by atoms with Gasteiger partial charge in [-0.1, -0.05) is 13.8 Å². The summed E-state index contributed by atoms with van der Waals surface area (Å²) in [5.41, 5.74) is 3.05. The van der Waals surface area contributed by atoms with E-state index in [0.717, 1.165) is 44.8 Å². The molecule has 5 heteroatoms. The molecule has 5 nitrogen and oxygen atoms in total. The fourth-order valence-electron chi connectivity index (χ4n) is 8.96. The van der Waals surface area contributed by atoms with Crippen LogP contribution in [0.25, 0.3) is 0 Å². The SMILES string of the molecule is CCN(CC(=O)C1CCC2C3CCC4CC(C)(O)CCC4(COC)C3CCC12C)NC. The van der Waals surface area contributed by atoms with Crippen LogP contribution in [0, 0.1) is 40.4 Å². The maximum absolute atomic E-state index is 13.3. The first kappa shape index (κ1) is 23.7. The molecule has 0 spiro atoms. The van der Waals surface area contributed by atoms with E-state index < -0.39 is 5.60 Å². The van der Waals surface area contributed by atoms with Crippen LogP contribution in [0.5, 0.6) is 0 Å². The van der Waals surface area contributed by atoms with Gasteiger partial charge in [0.25, 0.3) is 0 Å². The summed E-state index contributed by atoms with van der Waals surface area (Å²) in [7, 11) is 3.77. The molecule has 0 aromatic heterocycles. The summed E-state index contributed by atoms with van der Waals surface area (Å²) in [6.07, 6.45) is 10.1. The standard InChI is InChI=1S/C26H46N2O3/c1-6-28(27-4)16-23(29)22-10-9-20-19-8-7-18-15-24(2,30)13-14-26(18,17-31-5)21(19)11-12-25(20,22)3/h18-22,27,30H,6-17H2,1-5H3. The van der Waals surface area contributed by atoms with Crippen molar-refractivity contribution in [3.63, 3.8) is 0 Å². The molecule has 0 heterocycles. The van der Waals surface area contributed by atoms with Crippen molar-refractivity contribution >= 4 is 5.78 Å². The van der Waals surface area contributed by atoms with Gasteiger partial charge in [-0.15, -0.1) is 0 Å². The monoisotopic (exact) mass is 434 g/mol. The van der Waals surface area contributed by atoms with Gasteiger partial charge in [-0.3, -0.25) is 10.2 Å². The van der Waals surface area contributed by atoms with E-state index in [1.807, 2.05) is 26.1 Å². The van der Waals surface area contributed by atoms with E-state index in [-0.39, 0.29) is 16.7 Å². The molecule has 4 fully saturated rings. The summed E-state index contributed by atoms with van der Waals surface area (Å²) in [6, 6.07) is 0. The van der Waals surface area contributed by atoms with Gasteiger partial charge in [0.05, 0.1) is 18.8 Å². The number of Topliss-reactive ketones (excluding diaryl/α,β-unsaturated/α-hetero) is 1. The van der Waals surface area contributed by atoms with Crippen molar-refractivity contribution in [3.8, 4) is 0 Å².